The Morgan fingerprint density at radius 1 is 1.32 bits per heavy atom. The number of carbonyl (C=O) groups excluding carboxylic acids is 1. The largest absolute Gasteiger partial charge is 0.355 e. The van der Waals surface area contributed by atoms with Crippen LogP contribution in [0.25, 0.3) is 0 Å². The van der Waals surface area contributed by atoms with Crippen molar-refractivity contribution in [1.82, 2.24) is 20.6 Å². The van der Waals surface area contributed by atoms with Crippen molar-refractivity contribution in [3.05, 3.63) is 55.1 Å². The van der Waals surface area contributed by atoms with Crippen LogP contribution in [0.1, 0.15) is 5.56 Å². The molecule has 0 spiro atoms. The molecule has 1 aromatic carbocycles. The van der Waals surface area contributed by atoms with Crippen molar-refractivity contribution in [3.63, 3.8) is 0 Å². The zero-order valence-corrected chi connectivity index (χ0v) is 12.7. The summed E-state index contributed by atoms with van der Waals surface area (Å²) in [5, 5.41) is 11.8. The average Bonchev–Trinajstić information content (AvgIpc) is 2.48. The Balaban J connectivity index is 1.84. The Bertz CT molecular complexity index is 795. The van der Waals surface area contributed by atoms with Crippen LogP contribution in [0.15, 0.2) is 43.4 Å². The zero-order valence-electron chi connectivity index (χ0n) is 11.1. The van der Waals surface area contributed by atoms with E-state index in [1.807, 2.05) is 34.3 Å². The van der Waals surface area contributed by atoms with Gasteiger partial charge in [0.2, 0.25) is 5.82 Å². The number of rotatable bonds is 5. The number of aromatic nitrogens is 3. The van der Waals surface area contributed by atoms with Gasteiger partial charge in [0.05, 0.1) is 12.8 Å². The second-order valence-electron chi connectivity index (χ2n) is 4.05. The second-order valence-corrected chi connectivity index (χ2v) is 4.97. The summed E-state index contributed by atoms with van der Waals surface area (Å²) in [7, 11) is 0. The van der Waals surface area contributed by atoms with Crippen molar-refractivity contribution in [2.24, 2.45) is 5.10 Å². The number of anilines is 1. The van der Waals surface area contributed by atoms with Crippen LogP contribution in [0.3, 0.4) is 0 Å². The van der Waals surface area contributed by atoms with Crippen LogP contribution in [0.2, 0.25) is 0 Å². The molecule has 0 unspecified atom stereocenters. The summed E-state index contributed by atoms with van der Waals surface area (Å²) in [6.45, 7) is -0.222. The first-order valence-electron chi connectivity index (χ1n) is 6.05. The summed E-state index contributed by atoms with van der Waals surface area (Å²) in [6.07, 6.45) is 1.48. The lowest BCUT2D eigenvalue weighted by Crippen LogP contribution is -2.31. The minimum atomic E-state index is -0.723. The van der Waals surface area contributed by atoms with Crippen molar-refractivity contribution >= 4 is 33.9 Å². The smallest absolute Gasteiger partial charge is 0.342 e. The molecule has 22 heavy (non-hydrogen) atoms. The van der Waals surface area contributed by atoms with Crippen molar-refractivity contribution in [3.8, 4) is 0 Å². The Morgan fingerprint density at radius 2 is 2.05 bits per heavy atom. The molecule has 0 aliphatic heterocycles. The Labute approximate surface area is 132 Å². The third-order valence-corrected chi connectivity index (χ3v) is 2.93. The monoisotopic (exact) mass is 366 g/mol. The molecule has 2 aromatic rings. The van der Waals surface area contributed by atoms with Gasteiger partial charge < -0.3 is 5.32 Å². The molecule has 114 valence electrons. The summed E-state index contributed by atoms with van der Waals surface area (Å²) < 4.78 is 0.941. The van der Waals surface area contributed by atoms with E-state index in [0.717, 1.165) is 10.0 Å². The van der Waals surface area contributed by atoms with Crippen LogP contribution in [-0.2, 0) is 4.79 Å². The van der Waals surface area contributed by atoms with Gasteiger partial charge in [0, 0.05) is 4.47 Å². The number of hydrogen-bond donors (Lipinski definition) is 4. The minimum absolute atomic E-state index is 0.161. The van der Waals surface area contributed by atoms with Gasteiger partial charge in [-0.1, -0.05) is 28.1 Å². The number of amides is 1. The Hall–Kier alpha value is -2.75. The first kappa shape index (κ1) is 15.6. The molecule has 0 saturated carbocycles. The van der Waals surface area contributed by atoms with Gasteiger partial charge in [-0.15, -0.1) is 5.10 Å². The summed E-state index contributed by atoms with van der Waals surface area (Å²) in [5.74, 6) is -0.632. The molecule has 0 fully saturated rings. The molecule has 1 heterocycles. The van der Waals surface area contributed by atoms with Gasteiger partial charge >= 0.3 is 5.69 Å². The van der Waals surface area contributed by atoms with Gasteiger partial charge in [-0.25, -0.2) is 15.3 Å². The fourth-order valence-corrected chi connectivity index (χ4v) is 1.66. The van der Waals surface area contributed by atoms with Crippen LogP contribution in [0.4, 0.5) is 5.82 Å². The van der Waals surface area contributed by atoms with E-state index in [9.17, 15) is 14.4 Å². The predicted molar refractivity (Wildman–Crippen MR) is 83.8 cm³/mol. The molecule has 4 N–H and O–H groups in total. The van der Waals surface area contributed by atoms with E-state index >= 15 is 0 Å². The molecule has 0 aliphatic rings. The molecular weight excluding hydrogens is 356 g/mol. The number of H-pyrrole nitrogens is 2. The van der Waals surface area contributed by atoms with Crippen LogP contribution in [-0.4, -0.2) is 33.8 Å². The lowest BCUT2D eigenvalue weighted by atomic mass is 10.2. The quantitative estimate of drug-likeness (QED) is 0.429. The third-order valence-electron chi connectivity index (χ3n) is 2.40. The highest BCUT2D eigenvalue weighted by Gasteiger charge is 2.04. The lowest BCUT2D eigenvalue weighted by Gasteiger charge is -2.02. The van der Waals surface area contributed by atoms with Crippen LogP contribution in [0.5, 0.6) is 0 Å². The maximum atomic E-state index is 11.5. The van der Waals surface area contributed by atoms with Crippen molar-refractivity contribution in [2.75, 3.05) is 11.9 Å². The van der Waals surface area contributed by atoms with Gasteiger partial charge in [-0.2, -0.15) is 5.10 Å². The summed E-state index contributed by atoms with van der Waals surface area (Å²) in [5.41, 5.74) is 1.67. The minimum Gasteiger partial charge on any atom is -0.355 e. The van der Waals surface area contributed by atoms with E-state index < -0.39 is 17.2 Å². The number of halogens is 1. The molecule has 0 atom stereocenters. The fraction of sp³-hybridized carbons (Fsp3) is 0.0833. The van der Waals surface area contributed by atoms with Crippen molar-refractivity contribution < 1.29 is 4.79 Å². The summed E-state index contributed by atoms with van der Waals surface area (Å²) >= 11 is 3.31. The van der Waals surface area contributed by atoms with E-state index in [1.54, 1.807) is 0 Å². The molecular formula is C12H11BrN6O3. The number of nitrogens with zero attached hydrogens (tertiary/aromatic N) is 2. The van der Waals surface area contributed by atoms with Gasteiger partial charge in [0.15, 0.2) is 0 Å². The normalized spacial score (nSPS) is 10.6. The standard InChI is InChI=1S/C12H11BrN6O3/c13-8-3-1-7(2-4-8)5-15-17-9(20)6-14-10-11(21)16-12(22)19-18-10/h1-5H,6H2,(H,14,18)(H,17,20)(H2,16,19,21,22). The van der Waals surface area contributed by atoms with Gasteiger partial charge in [-0.3, -0.25) is 14.6 Å². The maximum Gasteiger partial charge on any atom is 0.342 e. The number of hydrogen-bond acceptors (Lipinski definition) is 6. The van der Waals surface area contributed by atoms with Gasteiger partial charge in [-0.05, 0) is 17.7 Å². The molecule has 2 rings (SSSR count). The van der Waals surface area contributed by atoms with Gasteiger partial charge in [0.1, 0.15) is 0 Å². The average molecular weight is 367 g/mol. The molecule has 1 aromatic heterocycles. The molecule has 0 radical (unpaired) electrons. The number of aromatic amines is 2. The summed E-state index contributed by atoms with van der Waals surface area (Å²) in [6, 6.07) is 7.33. The highest BCUT2D eigenvalue weighted by molar-refractivity contribution is 9.10. The summed E-state index contributed by atoms with van der Waals surface area (Å²) in [4.78, 5) is 35.6. The van der Waals surface area contributed by atoms with E-state index in [4.69, 9.17) is 0 Å². The molecule has 0 saturated heterocycles. The highest BCUT2D eigenvalue weighted by atomic mass is 79.9. The van der Waals surface area contributed by atoms with E-state index in [2.05, 4.69) is 36.9 Å². The molecule has 9 nitrogen and oxygen atoms in total. The van der Waals surface area contributed by atoms with Gasteiger partial charge in [0.25, 0.3) is 11.5 Å². The number of hydrazone groups is 1. The number of nitrogens with one attached hydrogen (secondary N) is 4. The highest BCUT2D eigenvalue weighted by Crippen LogP contribution is 2.08. The number of carbonyl (C=O) groups is 1. The Kier molecular flexibility index (Phi) is 5.20. The molecule has 0 aliphatic carbocycles. The molecule has 10 heteroatoms. The lowest BCUT2D eigenvalue weighted by molar-refractivity contribution is -0.119. The van der Waals surface area contributed by atoms with E-state index in [-0.39, 0.29) is 12.4 Å². The van der Waals surface area contributed by atoms with E-state index in [1.165, 1.54) is 6.21 Å². The predicted octanol–water partition coefficient (Wildman–Crippen LogP) is -0.217. The first-order chi connectivity index (χ1) is 10.5. The zero-order chi connectivity index (χ0) is 15.9. The Morgan fingerprint density at radius 3 is 2.73 bits per heavy atom. The van der Waals surface area contributed by atoms with Crippen molar-refractivity contribution in [2.45, 2.75) is 0 Å². The van der Waals surface area contributed by atoms with Crippen LogP contribution < -0.4 is 22.0 Å². The van der Waals surface area contributed by atoms with Crippen LogP contribution >= 0.6 is 15.9 Å². The van der Waals surface area contributed by atoms with Crippen LogP contribution in [0, 0.1) is 0 Å². The maximum absolute atomic E-state index is 11.5. The van der Waals surface area contributed by atoms with Crippen molar-refractivity contribution in [1.29, 1.82) is 0 Å². The third kappa shape index (κ3) is 4.66. The topological polar surface area (TPSA) is 132 Å². The first-order valence-corrected chi connectivity index (χ1v) is 6.84. The molecule has 0 bridgehead atoms. The SMILES string of the molecule is O=C(CNc1n[nH]c(=O)[nH]c1=O)NN=Cc1ccc(Br)cc1. The fourth-order valence-electron chi connectivity index (χ4n) is 1.40. The molecule has 1 amide bonds. The second kappa shape index (κ2) is 7.31. The van der Waals surface area contributed by atoms with E-state index in [0.29, 0.717) is 0 Å². The number of benzene rings is 1.